The topological polar surface area (TPSA) is 67.2 Å². The van der Waals surface area contributed by atoms with Crippen molar-refractivity contribution < 1.29 is 40.3 Å². The monoisotopic (exact) mass is 604 g/mol. The Morgan fingerprint density at radius 2 is 1.63 bits per heavy atom. The van der Waals surface area contributed by atoms with E-state index in [1.807, 2.05) is 0 Å². The van der Waals surface area contributed by atoms with E-state index < -0.39 is 58.6 Å². The van der Waals surface area contributed by atoms with Crippen molar-refractivity contribution in [3.8, 4) is 5.69 Å². The minimum absolute atomic E-state index is 0.0592. The highest BCUT2D eigenvalue weighted by Crippen LogP contribution is 2.45. The van der Waals surface area contributed by atoms with Gasteiger partial charge >= 0.3 is 12.4 Å². The van der Waals surface area contributed by atoms with Crippen LogP contribution in [0.2, 0.25) is 0 Å². The van der Waals surface area contributed by atoms with E-state index in [9.17, 15) is 40.3 Å². The number of hydrogen-bond acceptors (Lipinski definition) is 3. The van der Waals surface area contributed by atoms with Gasteiger partial charge in [0.1, 0.15) is 17.7 Å². The zero-order chi connectivity index (χ0) is 31.3. The van der Waals surface area contributed by atoms with E-state index >= 15 is 0 Å². The van der Waals surface area contributed by atoms with Crippen molar-refractivity contribution in [3.63, 3.8) is 0 Å². The summed E-state index contributed by atoms with van der Waals surface area (Å²) in [6.07, 6.45) is -9.82. The van der Waals surface area contributed by atoms with E-state index in [4.69, 9.17) is 0 Å². The number of carbonyl (C=O) groups is 2. The standard InChI is InChI=1S/C30H23F7N4O2/c1-3-40-27-23(16(2)39-41(27)20-10-5-4-6-11-20)24(17-12-13-22(31)21(15-17)30(35,36)37)25(28(40)43)38-26(42)18-8-7-9-19(14-18)29(32,33)34/h4-15,24-25H,3H2,1-2H3,(H,38,42)/t24-,25-/m0/s1. The van der Waals surface area contributed by atoms with E-state index in [1.54, 1.807) is 44.2 Å². The normalized spacial score (nSPS) is 17.1. The Morgan fingerprint density at radius 3 is 2.26 bits per heavy atom. The molecule has 0 bridgehead atoms. The van der Waals surface area contributed by atoms with Crippen LogP contribution >= 0.6 is 0 Å². The summed E-state index contributed by atoms with van der Waals surface area (Å²) in [7, 11) is 0. The van der Waals surface area contributed by atoms with Crippen LogP contribution in [0.25, 0.3) is 5.69 Å². The lowest BCUT2D eigenvalue weighted by Crippen LogP contribution is -2.55. The lowest BCUT2D eigenvalue weighted by molar-refractivity contribution is -0.140. The van der Waals surface area contributed by atoms with Crippen LogP contribution in [0.3, 0.4) is 0 Å². The van der Waals surface area contributed by atoms with Gasteiger partial charge in [0.15, 0.2) is 0 Å². The number of benzene rings is 3. The van der Waals surface area contributed by atoms with Crippen molar-refractivity contribution in [1.82, 2.24) is 15.1 Å². The van der Waals surface area contributed by atoms with Gasteiger partial charge in [-0.3, -0.25) is 14.5 Å². The van der Waals surface area contributed by atoms with Crippen molar-refractivity contribution in [3.05, 3.63) is 112 Å². The fourth-order valence-corrected chi connectivity index (χ4v) is 5.31. The van der Waals surface area contributed by atoms with E-state index in [-0.39, 0.29) is 17.9 Å². The number of aryl methyl sites for hydroxylation is 1. The molecule has 1 N–H and O–H groups in total. The molecular weight excluding hydrogens is 581 g/mol. The van der Waals surface area contributed by atoms with Gasteiger partial charge in [0, 0.05) is 23.6 Å². The Labute approximate surface area is 240 Å². The van der Waals surface area contributed by atoms with Crippen molar-refractivity contribution in [2.45, 2.75) is 38.2 Å². The molecule has 3 aromatic carbocycles. The number of hydrogen-bond donors (Lipinski definition) is 1. The third-order valence-electron chi connectivity index (χ3n) is 7.22. The van der Waals surface area contributed by atoms with Crippen LogP contribution in [0, 0.1) is 12.7 Å². The molecule has 2 atom stereocenters. The van der Waals surface area contributed by atoms with Gasteiger partial charge in [-0.15, -0.1) is 0 Å². The van der Waals surface area contributed by atoms with E-state index in [1.165, 1.54) is 9.58 Å². The number of halogens is 7. The first-order valence-electron chi connectivity index (χ1n) is 13.0. The average molecular weight is 605 g/mol. The summed E-state index contributed by atoms with van der Waals surface area (Å²) in [5, 5.41) is 7.02. The van der Waals surface area contributed by atoms with Gasteiger partial charge in [-0.2, -0.15) is 31.4 Å². The van der Waals surface area contributed by atoms with Crippen LogP contribution in [0.1, 0.15) is 51.1 Å². The number of rotatable bonds is 5. The lowest BCUT2D eigenvalue weighted by Gasteiger charge is -2.38. The molecule has 0 spiro atoms. The molecule has 0 aliphatic carbocycles. The second-order valence-electron chi connectivity index (χ2n) is 9.90. The van der Waals surface area contributed by atoms with Gasteiger partial charge in [-0.1, -0.05) is 30.3 Å². The number of nitrogens with one attached hydrogen (secondary N) is 1. The zero-order valence-electron chi connectivity index (χ0n) is 22.6. The fourth-order valence-electron chi connectivity index (χ4n) is 5.31. The highest BCUT2D eigenvalue weighted by Gasteiger charge is 2.46. The molecule has 0 fully saturated rings. The second kappa shape index (κ2) is 10.9. The molecule has 1 aliphatic heterocycles. The molecule has 0 radical (unpaired) electrons. The molecule has 0 saturated carbocycles. The smallest absolute Gasteiger partial charge is 0.339 e. The molecule has 43 heavy (non-hydrogen) atoms. The highest BCUT2D eigenvalue weighted by molar-refractivity contribution is 6.05. The summed E-state index contributed by atoms with van der Waals surface area (Å²) in [5.41, 5.74) is -2.10. The molecule has 5 rings (SSSR count). The minimum atomic E-state index is -5.07. The summed E-state index contributed by atoms with van der Waals surface area (Å²) in [6, 6.07) is 12.9. The highest BCUT2D eigenvalue weighted by atomic mass is 19.4. The summed E-state index contributed by atoms with van der Waals surface area (Å²) >= 11 is 0. The van der Waals surface area contributed by atoms with Gasteiger partial charge in [0.05, 0.1) is 22.5 Å². The molecule has 2 amide bonds. The Balaban J connectivity index is 1.71. The summed E-state index contributed by atoms with van der Waals surface area (Å²) < 4.78 is 97.0. The molecule has 6 nitrogen and oxygen atoms in total. The first-order valence-corrected chi connectivity index (χ1v) is 13.0. The maximum Gasteiger partial charge on any atom is 0.419 e. The van der Waals surface area contributed by atoms with Crippen molar-refractivity contribution in [2.24, 2.45) is 0 Å². The van der Waals surface area contributed by atoms with Crippen molar-refractivity contribution in [2.75, 3.05) is 11.4 Å². The Morgan fingerprint density at radius 1 is 0.930 bits per heavy atom. The molecule has 0 saturated heterocycles. The summed E-state index contributed by atoms with van der Waals surface area (Å²) in [4.78, 5) is 28.6. The molecule has 0 unspecified atom stereocenters. The molecule has 1 aliphatic rings. The third kappa shape index (κ3) is 5.46. The fraction of sp³-hybridized carbons (Fsp3) is 0.233. The number of anilines is 1. The van der Waals surface area contributed by atoms with Crippen LogP contribution in [0.4, 0.5) is 36.6 Å². The van der Waals surface area contributed by atoms with E-state index in [0.29, 0.717) is 35.1 Å². The summed E-state index contributed by atoms with van der Waals surface area (Å²) in [5.74, 6) is -4.39. The second-order valence-corrected chi connectivity index (χ2v) is 9.90. The van der Waals surface area contributed by atoms with Crippen molar-refractivity contribution in [1.29, 1.82) is 0 Å². The maximum atomic E-state index is 14.3. The van der Waals surface area contributed by atoms with Gasteiger partial charge in [-0.25, -0.2) is 9.07 Å². The Hall–Kier alpha value is -4.68. The maximum absolute atomic E-state index is 14.3. The van der Waals surface area contributed by atoms with E-state index in [2.05, 4.69) is 10.4 Å². The summed E-state index contributed by atoms with van der Waals surface area (Å²) in [6.45, 7) is 3.28. The van der Waals surface area contributed by atoms with Crippen LogP contribution in [-0.2, 0) is 17.1 Å². The molecule has 4 aromatic rings. The first kappa shape index (κ1) is 29.8. The molecule has 224 valence electrons. The number of nitrogens with zero attached hydrogens (tertiary/aromatic N) is 3. The SMILES string of the molecule is CCN1C(=O)[C@@H](NC(=O)c2cccc(C(F)(F)F)c2)[C@@H](c2ccc(F)c(C(F)(F)F)c2)c2c(C)nn(-c3ccccc3)c21. The van der Waals surface area contributed by atoms with E-state index in [0.717, 1.165) is 24.3 Å². The van der Waals surface area contributed by atoms with Gasteiger partial charge in [0.25, 0.3) is 11.8 Å². The third-order valence-corrected chi connectivity index (χ3v) is 7.22. The predicted octanol–water partition coefficient (Wildman–Crippen LogP) is 6.65. The largest absolute Gasteiger partial charge is 0.419 e. The number of fused-ring (bicyclic) bond motifs is 1. The molecular formula is C30H23F7N4O2. The van der Waals surface area contributed by atoms with Crippen LogP contribution < -0.4 is 10.2 Å². The number of aromatic nitrogens is 2. The quantitative estimate of drug-likeness (QED) is 0.260. The molecule has 13 heteroatoms. The minimum Gasteiger partial charge on any atom is -0.339 e. The number of amides is 2. The van der Waals surface area contributed by atoms with Crippen LogP contribution in [-0.4, -0.2) is 34.2 Å². The number of carbonyl (C=O) groups excluding carboxylic acids is 2. The average Bonchev–Trinajstić information content (AvgIpc) is 3.29. The number of alkyl halides is 6. The van der Waals surface area contributed by atoms with Crippen molar-refractivity contribution >= 4 is 17.6 Å². The van der Waals surface area contributed by atoms with Gasteiger partial charge in [0.2, 0.25) is 0 Å². The predicted molar refractivity (Wildman–Crippen MR) is 142 cm³/mol. The first-order chi connectivity index (χ1) is 20.2. The number of likely N-dealkylation sites (N-methyl/N-ethyl adjacent to an activating group) is 1. The van der Waals surface area contributed by atoms with Gasteiger partial charge < -0.3 is 5.32 Å². The molecule has 2 heterocycles. The lowest BCUT2D eigenvalue weighted by atomic mass is 9.80. The zero-order valence-corrected chi connectivity index (χ0v) is 22.6. The molecule has 1 aromatic heterocycles. The van der Waals surface area contributed by atoms with Crippen LogP contribution in [0.5, 0.6) is 0 Å². The van der Waals surface area contributed by atoms with Crippen LogP contribution in [0.15, 0.2) is 72.8 Å². The Bertz CT molecular complexity index is 1700. The Kier molecular flexibility index (Phi) is 7.53. The van der Waals surface area contributed by atoms with Gasteiger partial charge in [-0.05, 0) is 61.9 Å². The number of para-hydroxylation sites is 1.